The zero-order valence-electron chi connectivity index (χ0n) is 20.2. The molecule has 8 nitrogen and oxygen atoms in total. The van der Waals surface area contributed by atoms with Crippen molar-refractivity contribution >= 4 is 32.7 Å². The Kier molecular flexibility index (Phi) is 6.80. The Morgan fingerprint density at radius 2 is 1.63 bits per heavy atom. The number of sulfonamides is 1. The number of piperidine rings is 2. The molecule has 0 aliphatic carbocycles. The first-order valence-electron chi connectivity index (χ1n) is 12.5. The normalized spacial score (nSPS) is 17.6. The average Bonchev–Trinajstić information content (AvgIpc) is 3.23. The van der Waals surface area contributed by atoms with Crippen LogP contribution >= 0.6 is 0 Å². The van der Waals surface area contributed by atoms with Crippen LogP contribution in [-0.4, -0.2) is 54.4 Å². The number of rotatable bonds is 6. The molecule has 1 N–H and O–H groups in total. The monoisotopic (exact) mass is 495 g/mol. The maximum absolute atomic E-state index is 13.5. The average molecular weight is 496 g/mol. The van der Waals surface area contributed by atoms with Crippen LogP contribution in [0.4, 0.5) is 5.69 Å². The van der Waals surface area contributed by atoms with Gasteiger partial charge in [0.1, 0.15) is 5.82 Å². The Hall–Kier alpha value is -2.91. The first-order valence-corrected chi connectivity index (χ1v) is 14.0. The number of aryl methyl sites for hydroxylation is 1. The van der Waals surface area contributed by atoms with E-state index < -0.39 is 10.0 Å². The van der Waals surface area contributed by atoms with Gasteiger partial charge in [-0.25, -0.2) is 13.4 Å². The quantitative estimate of drug-likeness (QED) is 0.564. The standard InChI is InChI=1S/C26H33N5O3S/c1-29-24-11-5-4-10-22(24)28-25(29)19-27-26(32)21-18-20(35(33,34)31-16-8-3-9-17-31)12-13-23(21)30-14-6-2-7-15-30/h4-5,10-13,18H,2-3,6-9,14-17,19H2,1H3,(H,27,32). The van der Waals surface area contributed by atoms with Crippen molar-refractivity contribution in [2.75, 3.05) is 31.1 Å². The second kappa shape index (κ2) is 9.99. The van der Waals surface area contributed by atoms with Gasteiger partial charge in [0.15, 0.2) is 0 Å². The van der Waals surface area contributed by atoms with Gasteiger partial charge >= 0.3 is 0 Å². The minimum atomic E-state index is -3.64. The molecular weight excluding hydrogens is 462 g/mol. The molecule has 3 aromatic rings. The molecule has 3 heterocycles. The summed E-state index contributed by atoms with van der Waals surface area (Å²) in [5, 5.41) is 3.00. The summed E-state index contributed by atoms with van der Waals surface area (Å²) in [6.07, 6.45) is 6.10. The first-order chi connectivity index (χ1) is 16.9. The fraction of sp³-hybridized carbons (Fsp3) is 0.462. The molecule has 2 saturated heterocycles. The Balaban J connectivity index is 1.44. The summed E-state index contributed by atoms with van der Waals surface area (Å²) in [7, 11) is -1.71. The van der Waals surface area contributed by atoms with E-state index in [9.17, 15) is 13.2 Å². The van der Waals surface area contributed by atoms with E-state index in [1.165, 1.54) is 6.42 Å². The van der Waals surface area contributed by atoms with Gasteiger partial charge in [-0.1, -0.05) is 18.6 Å². The molecule has 0 saturated carbocycles. The molecule has 0 bridgehead atoms. The predicted molar refractivity (Wildman–Crippen MR) is 137 cm³/mol. The summed E-state index contributed by atoms with van der Waals surface area (Å²) in [5.41, 5.74) is 3.08. The van der Waals surface area contributed by atoms with Gasteiger partial charge in [-0.05, 0) is 62.4 Å². The van der Waals surface area contributed by atoms with Gasteiger partial charge in [0.25, 0.3) is 5.91 Å². The molecule has 0 spiro atoms. The van der Waals surface area contributed by atoms with Crippen molar-refractivity contribution in [1.29, 1.82) is 0 Å². The molecule has 2 aromatic carbocycles. The van der Waals surface area contributed by atoms with E-state index in [4.69, 9.17) is 0 Å². The van der Waals surface area contributed by atoms with E-state index in [-0.39, 0.29) is 17.3 Å². The van der Waals surface area contributed by atoms with Crippen LogP contribution in [0.15, 0.2) is 47.4 Å². The van der Waals surface area contributed by atoms with Crippen LogP contribution in [-0.2, 0) is 23.6 Å². The van der Waals surface area contributed by atoms with Gasteiger partial charge in [-0.15, -0.1) is 0 Å². The highest BCUT2D eigenvalue weighted by Crippen LogP contribution is 2.29. The van der Waals surface area contributed by atoms with Crippen LogP contribution in [0.25, 0.3) is 11.0 Å². The number of hydrogen-bond donors (Lipinski definition) is 1. The van der Waals surface area contributed by atoms with Gasteiger partial charge in [0, 0.05) is 38.9 Å². The number of nitrogens with zero attached hydrogens (tertiary/aromatic N) is 4. The number of carbonyl (C=O) groups excluding carboxylic acids is 1. The van der Waals surface area contributed by atoms with E-state index >= 15 is 0 Å². The van der Waals surface area contributed by atoms with E-state index in [1.54, 1.807) is 16.4 Å². The fourth-order valence-electron chi connectivity index (χ4n) is 5.13. The molecule has 5 rings (SSSR count). The molecule has 1 aromatic heterocycles. The minimum absolute atomic E-state index is 0.188. The van der Waals surface area contributed by atoms with Crippen molar-refractivity contribution in [2.45, 2.75) is 50.0 Å². The number of fused-ring (bicyclic) bond motifs is 1. The molecule has 0 radical (unpaired) electrons. The topological polar surface area (TPSA) is 87.5 Å². The van der Waals surface area contributed by atoms with Gasteiger partial charge in [-0.2, -0.15) is 4.31 Å². The van der Waals surface area contributed by atoms with Crippen molar-refractivity contribution in [3.63, 3.8) is 0 Å². The van der Waals surface area contributed by atoms with Crippen LogP contribution in [0.5, 0.6) is 0 Å². The maximum atomic E-state index is 13.5. The molecule has 9 heteroatoms. The van der Waals surface area contributed by atoms with E-state index in [0.717, 1.165) is 67.7 Å². The first kappa shape index (κ1) is 23.8. The van der Waals surface area contributed by atoms with Crippen LogP contribution in [0.3, 0.4) is 0 Å². The number of anilines is 1. The number of aromatic nitrogens is 2. The summed E-state index contributed by atoms with van der Waals surface area (Å²) in [4.78, 5) is 20.5. The molecule has 0 unspecified atom stereocenters. The third-order valence-corrected chi connectivity index (χ3v) is 9.04. The summed E-state index contributed by atoms with van der Waals surface area (Å²) in [6.45, 7) is 3.05. The lowest BCUT2D eigenvalue weighted by Gasteiger charge is -2.31. The highest BCUT2D eigenvalue weighted by Gasteiger charge is 2.28. The SMILES string of the molecule is Cn1c(CNC(=O)c2cc(S(=O)(=O)N3CCCCC3)ccc2N2CCCCC2)nc2ccccc21. The largest absolute Gasteiger partial charge is 0.371 e. The third-order valence-electron chi connectivity index (χ3n) is 7.15. The zero-order chi connectivity index (χ0) is 24.4. The maximum Gasteiger partial charge on any atom is 0.253 e. The van der Waals surface area contributed by atoms with Crippen molar-refractivity contribution in [3.8, 4) is 0 Å². The Bertz CT molecular complexity index is 1320. The van der Waals surface area contributed by atoms with Crippen LogP contribution < -0.4 is 10.2 Å². The molecule has 186 valence electrons. The zero-order valence-corrected chi connectivity index (χ0v) is 21.1. The minimum Gasteiger partial charge on any atom is -0.371 e. The number of amides is 1. The van der Waals surface area contributed by atoms with E-state index in [1.807, 2.05) is 41.9 Å². The van der Waals surface area contributed by atoms with Crippen molar-refractivity contribution in [1.82, 2.24) is 19.2 Å². The number of para-hydroxylation sites is 2. The van der Waals surface area contributed by atoms with Crippen molar-refractivity contribution < 1.29 is 13.2 Å². The van der Waals surface area contributed by atoms with Gasteiger partial charge in [-0.3, -0.25) is 4.79 Å². The van der Waals surface area contributed by atoms with Gasteiger partial charge in [0.2, 0.25) is 10.0 Å². The highest BCUT2D eigenvalue weighted by molar-refractivity contribution is 7.89. The van der Waals surface area contributed by atoms with E-state index in [2.05, 4.69) is 15.2 Å². The molecule has 1 amide bonds. The highest BCUT2D eigenvalue weighted by atomic mass is 32.2. The fourth-order valence-corrected chi connectivity index (χ4v) is 6.67. The second-order valence-electron chi connectivity index (χ2n) is 9.45. The number of nitrogens with one attached hydrogen (secondary N) is 1. The van der Waals surface area contributed by atoms with Crippen molar-refractivity contribution in [3.05, 3.63) is 53.9 Å². The lowest BCUT2D eigenvalue weighted by Crippen LogP contribution is -2.36. The smallest absolute Gasteiger partial charge is 0.253 e. The lowest BCUT2D eigenvalue weighted by atomic mass is 10.1. The van der Waals surface area contributed by atoms with E-state index in [0.29, 0.717) is 18.7 Å². The van der Waals surface area contributed by atoms with Crippen LogP contribution in [0.1, 0.15) is 54.7 Å². The molecule has 0 atom stereocenters. The Labute approximate surface area is 207 Å². The molecule has 2 aliphatic rings. The number of benzene rings is 2. The Morgan fingerprint density at radius 3 is 2.34 bits per heavy atom. The lowest BCUT2D eigenvalue weighted by molar-refractivity contribution is 0.0950. The number of hydrogen-bond acceptors (Lipinski definition) is 5. The third kappa shape index (κ3) is 4.79. The van der Waals surface area contributed by atoms with Gasteiger partial charge < -0.3 is 14.8 Å². The molecule has 35 heavy (non-hydrogen) atoms. The molecule has 2 fully saturated rings. The summed E-state index contributed by atoms with van der Waals surface area (Å²) in [6, 6.07) is 12.9. The summed E-state index contributed by atoms with van der Waals surface area (Å²) in [5.74, 6) is 0.462. The van der Waals surface area contributed by atoms with Crippen molar-refractivity contribution in [2.24, 2.45) is 7.05 Å². The van der Waals surface area contributed by atoms with Gasteiger partial charge in [0.05, 0.1) is 28.0 Å². The number of imidazole rings is 1. The Morgan fingerprint density at radius 1 is 0.943 bits per heavy atom. The van der Waals surface area contributed by atoms with Crippen LogP contribution in [0, 0.1) is 0 Å². The summed E-state index contributed by atoms with van der Waals surface area (Å²) >= 11 is 0. The number of carbonyl (C=O) groups is 1. The molecule has 2 aliphatic heterocycles. The van der Waals surface area contributed by atoms with Crippen LogP contribution in [0.2, 0.25) is 0 Å². The second-order valence-corrected chi connectivity index (χ2v) is 11.4. The summed E-state index contributed by atoms with van der Waals surface area (Å²) < 4.78 is 30.2. The molecular formula is C26H33N5O3S. The predicted octanol–water partition coefficient (Wildman–Crippen LogP) is 3.67.